The number of esters is 1. The minimum absolute atomic E-state index is 0.114. The van der Waals surface area contributed by atoms with E-state index in [1.54, 1.807) is 0 Å². The summed E-state index contributed by atoms with van der Waals surface area (Å²) in [6.07, 6.45) is 9.55. The average Bonchev–Trinajstić information content (AvgIpc) is 2.80. The second kappa shape index (κ2) is 5.14. The highest BCUT2D eigenvalue weighted by molar-refractivity contribution is 5.88. The summed E-state index contributed by atoms with van der Waals surface area (Å²) >= 11 is 0. The molecule has 3 saturated carbocycles. The van der Waals surface area contributed by atoms with Crippen LogP contribution in [0.3, 0.4) is 0 Å². The van der Waals surface area contributed by atoms with Crippen molar-refractivity contribution in [3.8, 4) is 0 Å². The second-order valence-corrected chi connectivity index (χ2v) is 8.35. The van der Waals surface area contributed by atoms with Crippen LogP contribution in [0.2, 0.25) is 0 Å². The summed E-state index contributed by atoms with van der Waals surface area (Å²) in [5.41, 5.74) is 1.30. The first-order chi connectivity index (χ1) is 9.86. The lowest BCUT2D eigenvalue weighted by atomic mass is 9.65. The van der Waals surface area contributed by atoms with E-state index in [1.165, 1.54) is 32.1 Å². The molecule has 0 heterocycles. The van der Waals surface area contributed by atoms with E-state index in [-0.39, 0.29) is 17.5 Å². The predicted octanol–water partition coefficient (Wildman–Crippen LogP) is 4.88. The predicted molar refractivity (Wildman–Crippen MR) is 84.8 cm³/mol. The van der Waals surface area contributed by atoms with Crippen LogP contribution < -0.4 is 0 Å². The zero-order valence-electron chi connectivity index (χ0n) is 13.9. The van der Waals surface area contributed by atoms with Gasteiger partial charge in [-0.25, -0.2) is 4.79 Å². The fourth-order valence-electron chi connectivity index (χ4n) is 5.28. The number of rotatable bonds is 3. The molecule has 3 fully saturated rings. The number of carbonyl (C=O) groups is 1. The van der Waals surface area contributed by atoms with E-state index < -0.39 is 0 Å². The Morgan fingerprint density at radius 3 is 2.29 bits per heavy atom. The van der Waals surface area contributed by atoms with Crippen LogP contribution in [0, 0.1) is 22.7 Å². The van der Waals surface area contributed by atoms with Gasteiger partial charge in [0.2, 0.25) is 0 Å². The van der Waals surface area contributed by atoms with E-state index in [9.17, 15) is 4.79 Å². The maximum absolute atomic E-state index is 12.5. The van der Waals surface area contributed by atoms with Gasteiger partial charge in [-0.3, -0.25) is 0 Å². The third-order valence-corrected chi connectivity index (χ3v) is 7.30. The van der Waals surface area contributed by atoms with E-state index in [0.717, 1.165) is 30.8 Å². The Morgan fingerprint density at radius 1 is 1.10 bits per heavy atom. The van der Waals surface area contributed by atoms with Crippen molar-refractivity contribution in [2.75, 3.05) is 0 Å². The zero-order valence-corrected chi connectivity index (χ0v) is 13.9. The number of fused-ring (bicyclic) bond motifs is 2. The quantitative estimate of drug-likeness (QED) is 0.547. The van der Waals surface area contributed by atoms with Gasteiger partial charge in [0.25, 0.3) is 0 Å². The first-order valence-electron chi connectivity index (χ1n) is 8.76. The largest absolute Gasteiger partial charge is 0.459 e. The van der Waals surface area contributed by atoms with Crippen LogP contribution in [0.25, 0.3) is 0 Å². The van der Waals surface area contributed by atoms with Crippen molar-refractivity contribution >= 4 is 5.97 Å². The molecular weight excluding hydrogens is 260 g/mol. The molecule has 3 aliphatic rings. The molecule has 21 heavy (non-hydrogen) atoms. The zero-order chi connectivity index (χ0) is 15.3. The molecule has 0 spiro atoms. The molecule has 0 aromatic carbocycles. The summed E-state index contributed by atoms with van der Waals surface area (Å²) < 4.78 is 5.75. The van der Waals surface area contributed by atoms with Crippen molar-refractivity contribution in [1.29, 1.82) is 0 Å². The Hall–Kier alpha value is -0.790. The van der Waals surface area contributed by atoms with Crippen molar-refractivity contribution in [3.05, 3.63) is 12.2 Å². The lowest BCUT2D eigenvalue weighted by Crippen LogP contribution is -2.35. The van der Waals surface area contributed by atoms with Gasteiger partial charge >= 0.3 is 5.97 Å². The van der Waals surface area contributed by atoms with Gasteiger partial charge < -0.3 is 4.74 Å². The molecule has 0 aromatic rings. The molecule has 3 atom stereocenters. The van der Waals surface area contributed by atoms with Gasteiger partial charge in [0.1, 0.15) is 6.10 Å². The molecular formula is C19H30O2. The summed E-state index contributed by atoms with van der Waals surface area (Å²) in [5, 5.41) is 0. The van der Waals surface area contributed by atoms with E-state index in [4.69, 9.17) is 4.74 Å². The summed E-state index contributed by atoms with van der Waals surface area (Å²) in [6, 6.07) is 0. The fourth-order valence-corrected chi connectivity index (χ4v) is 5.28. The number of hydrogen-bond donors (Lipinski definition) is 0. The van der Waals surface area contributed by atoms with E-state index in [2.05, 4.69) is 27.4 Å². The van der Waals surface area contributed by atoms with Gasteiger partial charge in [-0.2, -0.15) is 0 Å². The second-order valence-electron chi connectivity index (χ2n) is 8.35. The van der Waals surface area contributed by atoms with Crippen molar-refractivity contribution in [2.24, 2.45) is 22.7 Å². The van der Waals surface area contributed by atoms with Crippen molar-refractivity contribution in [2.45, 2.75) is 78.2 Å². The minimum Gasteiger partial charge on any atom is -0.459 e. The van der Waals surface area contributed by atoms with E-state index in [0.29, 0.717) is 11.3 Å². The van der Waals surface area contributed by atoms with Crippen LogP contribution in [0.5, 0.6) is 0 Å². The highest BCUT2D eigenvalue weighted by atomic mass is 16.5. The minimum atomic E-state index is -0.114. The topological polar surface area (TPSA) is 26.3 Å². The Balaban J connectivity index is 1.67. The smallest absolute Gasteiger partial charge is 0.333 e. The number of carbonyl (C=O) groups excluding carboxylic acids is 1. The van der Waals surface area contributed by atoms with Gasteiger partial charge in [-0.1, -0.05) is 33.8 Å². The Kier molecular flexibility index (Phi) is 3.70. The van der Waals surface area contributed by atoms with Gasteiger partial charge in [0.05, 0.1) is 0 Å². The molecule has 118 valence electrons. The van der Waals surface area contributed by atoms with Crippen LogP contribution in [-0.2, 0) is 9.53 Å². The lowest BCUT2D eigenvalue weighted by Gasteiger charge is -2.39. The molecule has 2 bridgehead atoms. The van der Waals surface area contributed by atoms with Gasteiger partial charge in [0, 0.05) is 5.57 Å². The molecule has 3 aliphatic carbocycles. The standard InChI is InChI=1S/C19H30O2/c1-13(17(20)21-15-8-6-5-7-9-15)16-12-14-10-11-19(16,4)18(14,2)3/h14-16H,1,5-12H2,2-4H3. The molecule has 3 rings (SSSR count). The molecule has 0 radical (unpaired) electrons. The molecule has 0 aliphatic heterocycles. The molecule has 0 N–H and O–H groups in total. The summed E-state index contributed by atoms with van der Waals surface area (Å²) in [5.74, 6) is 0.950. The Labute approximate surface area is 129 Å². The third kappa shape index (κ3) is 2.26. The Morgan fingerprint density at radius 2 is 1.76 bits per heavy atom. The van der Waals surface area contributed by atoms with Gasteiger partial charge in [-0.15, -0.1) is 0 Å². The van der Waals surface area contributed by atoms with Crippen molar-refractivity contribution in [1.82, 2.24) is 0 Å². The van der Waals surface area contributed by atoms with Crippen LogP contribution in [0.1, 0.15) is 72.1 Å². The van der Waals surface area contributed by atoms with Crippen LogP contribution in [-0.4, -0.2) is 12.1 Å². The number of ether oxygens (including phenoxy) is 1. The SMILES string of the molecule is C=C(C(=O)OC1CCCCC1)C1CC2CCC1(C)C2(C)C. The Bertz CT molecular complexity index is 444. The molecule has 0 aromatic heterocycles. The van der Waals surface area contributed by atoms with Crippen LogP contribution >= 0.6 is 0 Å². The van der Waals surface area contributed by atoms with Gasteiger partial charge in [0.15, 0.2) is 0 Å². The van der Waals surface area contributed by atoms with Crippen LogP contribution in [0.4, 0.5) is 0 Å². The molecule has 0 saturated heterocycles. The number of hydrogen-bond acceptors (Lipinski definition) is 2. The summed E-state index contributed by atoms with van der Waals surface area (Å²) in [6.45, 7) is 11.3. The lowest BCUT2D eigenvalue weighted by molar-refractivity contribution is -0.147. The molecule has 2 heteroatoms. The maximum atomic E-state index is 12.5. The van der Waals surface area contributed by atoms with Crippen molar-refractivity contribution < 1.29 is 9.53 Å². The normalized spacial score (nSPS) is 38.4. The molecule has 2 nitrogen and oxygen atoms in total. The highest BCUT2D eigenvalue weighted by Gasteiger charge is 2.62. The fraction of sp³-hybridized carbons (Fsp3) is 0.842. The first-order valence-corrected chi connectivity index (χ1v) is 8.76. The monoisotopic (exact) mass is 290 g/mol. The summed E-state index contributed by atoms with van der Waals surface area (Å²) in [7, 11) is 0. The van der Waals surface area contributed by atoms with Crippen molar-refractivity contribution in [3.63, 3.8) is 0 Å². The summed E-state index contributed by atoms with van der Waals surface area (Å²) in [4.78, 5) is 12.5. The first kappa shape index (κ1) is 15.1. The maximum Gasteiger partial charge on any atom is 0.333 e. The molecule has 3 unspecified atom stereocenters. The highest BCUT2D eigenvalue weighted by Crippen LogP contribution is 2.69. The average molecular weight is 290 g/mol. The van der Waals surface area contributed by atoms with Crippen LogP contribution in [0.15, 0.2) is 12.2 Å². The third-order valence-electron chi connectivity index (χ3n) is 7.30. The van der Waals surface area contributed by atoms with E-state index in [1.807, 2.05) is 0 Å². The van der Waals surface area contributed by atoms with E-state index >= 15 is 0 Å². The van der Waals surface area contributed by atoms with Gasteiger partial charge in [-0.05, 0) is 67.6 Å². The molecule has 0 amide bonds.